The SMILES string of the molecule is CC(=O)NCCNC(=O)NC1CCCC1. The number of nitrogens with one attached hydrogen (secondary N) is 3. The Morgan fingerprint density at radius 3 is 2.33 bits per heavy atom. The molecule has 0 atom stereocenters. The predicted octanol–water partition coefficient (Wildman–Crippen LogP) is 0.364. The van der Waals surface area contributed by atoms with Gasteiger partial charge in [-0.2, -0.15) is 0 Å². The van der Waals surface area contributed by atoms with E-state index in [1.807, 2.05) is 0 Å². The second kappa shape index (κ2) is 6.27. The maximum absolute atomic E-state index is 11.3. The first-order chi connectivity index (χ1) is 7.18. The van der Waals surface area contributed by atoms with Gasteiger partial charge in [-0.3, -0.25) is 4.79 Å². The van der Waals surface area contributed by atoms with Crippen molar-refractivity contribution in [2.24, 2.45) is 0 Å². The summed E-state index contributed by atoms with van der Waals surface area (Å²) in [6, 6.07) is 0.206. The van der Waals surface area contributed by atoms with E-state index in [0.29, 0.717) is 19.1 Å². The molecule has 1 aliphatic carbocycles. The van der Waals surface area contributed by atoms with E-state index in [2.05, 4.69) is 16.0 Å². The van der Waals surface area contributed by atoms with E-state index in [9.17, 15) is 9.59 Å². The molecular weight excluding hydrogens is 194 g/mol. The lowest BCUT2D eigenvalue weighted by Gasteiger charge is -2.12. The van der Waals surface area contributed by atoms with Crippen molar-refractivity contribution >= 4 is 11.9 Å². The predicted molar refractivity (Wildman–Crippen MR) is 57.5 cm³/mol. The van der Waals surface area contributed by atoms with Crippen LogP contribution in [0.1, 0.15) is 32.6 Å². The van der Waals surface area contributed by atoms with Gasteiger partial charge in [0, 0.05) is 26.1 Å². The molecule has 0 aromatic rings. The van der Waals surface area contributed by atoms with E-state index in [0.717, 1.165) is 12.8 Å². The third-order valence-corrected chi connectivity index (χ3v) is 2.47. The fourth-order valence-electron chi connectivity index (χ4n) is 1.72. The van der Waals surface area contributed by atoms with E-state index in [4.69, 9.17) is 0 Å². The first-order valence-electron chi connectivity index (χ1n) is 5.47. The molecular formula is C10H19N3O2. The second-order valence-corrected chi connectivity index (χ2v) is 3.86. The Morgan fingerprint density at radius 1 is 1.13 bits per heavy atom. The summed E-state index contributed by atoms with van der Waals surface area (Å²) < 4.78 is 0. The molecule has 0 aromatic heterocycles. The average Bonchev–Trinajstić information content (AvgIpc) is 2.64. The van der Waals surface area contributed by atoms with Gasteiger partial charge in [-0.25, -0.2) is 4.79 Å². The van der Waals surface area contributed by atoms with Crippen molar-refractivity contribution in [1.29, 1.82) is 0 Å². The van der Waals surface area contributed by atoms with Gasteiger partial charge in [0.1, 0.15) is 0 Å². The van der Waals surface area contributed by atoms with Gasteiger partial charge in [0.25, 0.3) is 0 Å². The van der Waals surface area contributed by atoms with Gasteiger partial charge in [-0.05, 0) is 12.8 Å². The van der Waals surface area contributed by atoms with Crippen LogP contribution in [-0.2, 0) is 4.79 Å². The maximum atomic E-state index is 11.3. The summed E-state index contributed by atoms with van der Waals surface area (Å²) in [5.74, 6) is -0.0759. The minimum absolute atomic E-state index is 0.0759. The number of carbonyl (C=O) groups excluding carboxylic acids is 2. The molecule has 3 N–H and O–H groups in total. The minimum atomic E-state index is -0.132. The normalized spacial score (nSPS) is 16.1. The summed E-state index contributed by atoms with van der Waals surface area (Å²) in [7, 11) is 0. The molecule has 0 saturated heterocycles. The van der Waals surface area contributed by atoms with Crippen molar-refractivity contribution in [3.63, 3.8) is 0 Å². The standard InChI is InChI=1S/C10H19N3O2/c1-8(14)11-6-7-12-10(15)13-9-4-2-3-5-9/h9H,2-7H2,1H3,(H,11,14)(H2,12,13,15). The highest BCUT2D eigenvalue weighted by molar-refractivity contribution is 5.74. The molecule has 0 radical (unpaired) electrons. The largest absolute Gasteiger partial charge is 0.355 e. The molecule has 1 fully saturated rings. The van der Waals surface area contributed by atoms with Gasteiger partial charge in [0.05, 0.1) is 0 Å². The minimum Gasteiger partial charge on any atom is -0.355 e. The van der Waals surface area contributed by atoms with E-state index in [-0.39, 0.29) is 11.9 Å². The lowest BCUT2D eigenvalue weighted by atomic mass is 10.2. The summed E-state index contributed by atoms with van der Waals surface area (Å²) in [6.07, 6.45) is 4.58. The number of carbonyl (C=O) groups is 2. The molecule has 3 amide bonds. The number of amides is 3. The van der Waals surface area contributed by atoms with Gasteiger partial charge in [0.2, 0.25) is 5.91 Å². The summed E-state index contributed by atoms with van der Waals surface area (Å²) in [6.45, 7) is 2.41. The highest BCUT2D eigenvalue weighted by Crippen LogP contribution is 2.17. The first-order valence-corrected chi connectivity index (χ1v) is 5.47. The average molecular weight is 213 g/mol. The van der Waals surface area contributed by atoms with Gasteiger partial charge < -0.3 is 16.0 Å². The van der Waals surface area contributed by atoms with Crippen LogP contribution in [0.25, 0.3) is 0 Å². The number of hydrogen-bond acceptors (Lipinski definition) is 2. The van der Waals surface area contributed by atoms with Crippen molar-refractivity contribution in [2.75, 3.05) is 13.1 Å². The highest BCUT2D eigenvalue weighted by Gasteiger charge is 2.16. The summed E-state index contributed by atoms with van der Waals surface area (Å²) in [5.41, 5.74) is 0. The fraction of sp³-hybridized carbons (Fsp3) is 0.800. The Labute approximate surface area is 90.0 Å². The van der Waals surface area contributed by atoms with Crippen LogP contribution < -0.4 is 16.0 Å². The molecule has 86 valence electrons. The van der Waals surface area contributed by atoms with Crippen LogP contribution in [0.3, 0.4) is 0 Å². The molecule has 0 aromatic carbocycles. The first kappa shape index (κ1) is 11.8. The van der Waals surface area contributed by atoms with E-state index >= 15 is 0 Å². The highest BCUT2D eigenvalue weighted by atomic mass is 16.2. The number of rotatable bonds is 4. The molecule has 1 aliphatic rings. The Bertz CT molecular complexity index is 225. The van der Waals surface area contributed by atoms with Crippen LogP contribution in [0, 0.1) is 0 Å². The quantitative estimate of drug-likeness (QED) is 0.590. The van der Waals surface area contributed by atoms with E-state index in [1.54, 1.807) is 0 Å². The van der Waals surface area contributed by atoms with Crippen molar-refractivity contribution in [2.45, 2.75) is 38.6 Å². The van der Waals surface area contributed by atoms with Crippen molar-refractivity contribution in [1.82, 2.24) is 16.0 Å². The molecule has 0 spiro atoms. The summed E-state index contributed by atoms with van der Waals surface area (Å²) >= 11 is 0. The van der Waals surface area contributed by atoms with Gasteiger partial charge in [-0.15, -0.1) is 0 Å². The van der Waals surface area contributed by atoms with Crippen LogP contribution in [0.4, 0.5) is 4.79 Å². The Hall–Kier alpha value is -1.26. The summed E-state index contributed by atoms with van der Waals surface area (Å²) in [5, 5.41) is 8.22. The Balaban J connectivity index is 2.00. The van der Waals surface area contributed by atoms with Crippen LogP contribution in [0.15, 0.2) is 0 Å². The van der Waals surface area contributed by atoms with Crippen LogP contribution in [-0.4, -0.2) is 31.1 Å². The Morgan fingerprint density at radius 2 is 1.73 bits per heavy atom. The third-order valence-electron chi connectivity index (χ3n) is 2.47. The van der Waals surface area contributed by atoms with Crippen molar-refractivity contribution in [3.05, 3.63) is 0 Å². The summed E-state index contributed by atoms with van der Waals surface area (Å²) in [4.78, 5) is 21.8. The molecule has 0 heterocycles. The lowest BCUT2D eigenvalue weighted by molar-refractivity contribution is -0.118. The number of hydrogen-bond donors (Lipinski definition) is 3. The molecule has 5 heteroatoms. The van der Waals surface area contributed by atoms with Crippen molar-refractivity contribution < 1.29 is 9.59 Å². The second-order valence-electron chi connectivity index (χ2n) is 3.86. The van der Waals surface area contributed by atoms with Crippen molar-refractivity contribution in [3.8, 4) is 0 Å². The van der Waals surface area contributed by atoms with Gasteiger partial charge in [0.15, 0.2) is 0 Å². The van der Waals surface area contributed by atoms with Crippen LogP contribution >= 0.6 is 0 Å². The van der Waals surface area contributed by atoms with Crippen LogP contribution in [0.5, 0.6) is 0 Å². The zero-order valence-corrected chi connectivity index (χ0v) is 9.14. The zero-order valence-electron chi connectivity index (χ0n) is 9.14. The zero-order chi connectivity index (χ0) is 11.1. The molecule has 0 bridgehead atoms. The van der Waals surface area contributed by atoms with Crippen LogP contribution in [0.2, 0.25) is 0 Å². The molecule has 5 nitrogen and oxygen atoms in total. The molecule has 1 saturated carbocycles. The number of urea groups is 1. The maximum Gasteiger partial charge on any atom is 0.315 e. The van der Waals surface area contributed by atoms with Gasteiger partial charge >= 0.3 is 6.03 Å². The molecule has 1 rings (SSSR count). The molecule has 0 unspecified atom stereocenters. The molecule has 0 aliphatic heterocycles. The third kappa shape index (κ3) is 5.24. The fourth-order valence-corrected chi connectivity index (χ4v) is 1.72. The van der Waals surface area contributed by atoms with Gasteiger partial charge in [-0.1, -0.05) is 12.8 Å². The van der Waals surface area contributed by atoms with E-state index < -0.39 is 0 Å². The smallest absolute Gasteiger partial charge is 0.315 e. The topological polar surface area (TPSA) is 70.2 Å². The lowest BCUT2D eigenvalue weighted by Crippen LogP contribution is -2.43. The van der Waals surface area contributed by atoms with E-state index in [1.165, 1.54) is 19.8 Å². The molecule has 15 heavy (non-hydrogen) atoms. The monoisotopic (exact) mass is 213 g/mol. The Kier molecular flexibility index (Phi) is 4.93.